The second kappa shape index (κ2) is 5.04. The van der Waals surface area contributed by atoms with Crippen LogP contribution in [0.15, 0.2) is 30.5 Å². The van der Waals surface area contributed by atoms with Crippen LogP contribution in [0.4, 0.5) is 5.69 Å². The molecule has 0 saturated heterocycles. The summed E-state index contributed by atoms with van der Waals surface area (Å²) in [5.41, 5.74) is 3.58. The molecular formula is C14H17N3O. The molecule has 4 nitrogen and oxygen atoms in total. The molecule has 1 heterocycles. The number of hydrogen-bond acceptors (Lipinski definition) is 2. The average molecular weight is 243 g/mol. The summed E-state index contributed by atoms with van der Waals surface area (Å²) in [5.74, 6) is -0.103. The highest BCUT2D eigenvalue weighted by atomic mass is 16.1. The van der Waals surface area contributed by atoms with Gasteiger partial charge in [-0.15, -0.1) is 0 Å². The predicted molar refractivity (Wildman–Crippen MR) is 71.7 cm³/mol. The molecule has 0 saturated carbocycles. The van der Waals surface area contributed by atoms with E-state index in [1.807, 2.05) is 38.2 Å². The molecule has 0 aliphatic carbocycles. The van der Waals surface area contributed by atoms with Crippen LogP contribution in [-0.4, -0.2) is 15.7 Å². The van der Waals surface area contributed by atoms with Crippen molar-refractivity contribution >= 4 is 11.6 Å². The Hall–Kier alpha value is -2.10. The fourth-order valence-electron chi connectivity index (χ4n) is 1.71. The van der Waals surface area contributed by atoms with Gasteiger partial charge in [0.05, 0.1) is 17.6 Å². The number of hydrogen-bond donors (Lipinski definition) is 1. The van der Waals surface area contributed by atoms with Crippen molar-refractivity contribution in [1.29, 1.82) is 0 Å². The Kier molecular flexibility index (Phi) is 3.46. The van der Waals surface area contributed by atoms with E-state index in [9.17, 15) is 4.79 Å². The molecule has 2 rings (SSSR count). The van der Waals surface area contributed by atoms with Gasteiger partial charge in [0, 0.05) is 12.6 Å². The van der Waals surface area contributed by atoms with E-state index in [0.717, 1.165) is 17.8 Å². The maximum absolute atomic E-state index is 12.0. The third-order valence-corrected chi connectivity index (χ3v) is 3.11. The third-order valence-electron chi connectivity index (χ3n) is 3.11. The number of amides is 1. The van der Waals surface area contributed by atoms with E-state index in [2.05, 4.69) is 17.3 Å². The van der Waals surface area contributed by atoms with E-state index in [1.165, 1.54) is 5.56 Å². The summed E-state index contributed by atoms with van der Waals surface area (Å²) in [6.07, 6.45) is 2.64. The Bertz CT molecular complexity index is 555. The SMILES string of the molecule is CCc1ccc(C(=O)Nc2cnn(C)c2C)cc1. The first-order chi connectivity index (χ1) is 8.61. The molecule has 0 atom stereocenters. The standard InChI is InChI=1S/C14H17N3O/c1-4-11-5-7-12(8-6-11)14(18)16-13-9-15-17(3)10(13)2/h5-9H,4H2,1-3H3,(H,16,18). The number of aryl methyl sites for hydroxylation is 2. The summed E-state index contributed by atoms with van der Waals surface area (Å²) in [6, 6.07) is 7.65. The van der Waals surface area contributed by atoms with Gasteiger partial charge >= 0.3 is 0 Å². The zero-order valence-electron chi connectivity index (χ0n) is 10.9. The first-order valence-corrected chi connectivity index (χ1v) is 6.00. The van der Waals surface area contributed by atoms with Crippen molar-refractivity contribution in [3.05, 3.63) is 47.3 Å². The maximum atomic E-state index is 12.0. The maximum Gasteiger partial charge on any atom is 0.255 e. The lowest BCUT2D eigenvalue weighted by molar-refractivity contribution is 0.102. The fourth-order valence-corrected chi connectivity index (χ4v) is 1.71. The molecule has 1 N–H and O–H groups in total. The smallest absolute Gasteiger partial charge is 0.255 e. The second-order valence-electron chi connectivity index (χ2n) is 4.27. The van der Waals surface area contributed by atoms with Crippen molar-refractivity contribution in [2.45, 2.75) is 20.3 Å². The second-order valence-corrected chi connectivity index (χ2v) is 4.27. The van der Waals surface area contributed by atoms with Gasteiger partial charge in [-0.1, -0.05) is 19.1 Å². The Morgan fingerprint density at radius 3 is 2.50 bits per heavy atom. The van der Waals surface area contributed by atoms with Gasteiger partial charge in [-0.3, -0.25) is 9.48 Å². The number of nitrogens with one attached hydrogen (secondary N) is 1. The fraction of sp³-hybridized carbons (Fsp3) is 0.286. The molecule has 1 amide bonds. The zero-order chi connectivity index (χ0) is 13.1. The summed E-state index contributed by atoms with van der Waals surface area (Å²) in [4.78, 5) is 12.0. The topological polar surface area (TPSA) is 46.9 Å². The molecule has 2 aromatic rings. The first-order valence-electron chi connectivity index (χ1n) is 6.00. The summed E-state index contributed by atoms with van der Waals surface area (Å²) in [7, 11) is 1.85. The van der Waals surface area contributed by atoms with Crippen LogP contribution in [0.5, 0.6) is 0 Å². The Morgan fingerprint density at radius 1 is 1.33 bits per heavy atom. The molecule has 0 unspecified atom stereocenters. The summed E-state index contributed by atoms with van der Waals surface area (Å²) in [5, 5.41) is 6.95. The van der Waals surface area contributed by atoms with Crippen LogP contribution in [0.25, 0.3) is 0 Å². The van der Waals surface area contributed by atoms with Crippen LogP contribution in [0.1, 0.15) is 28.5 Å². The highest BCUT2D eigenvalue weighted by Gasteiger charge is 2.09. The van der Waals surface area contributed by atoms with Crippen LogP contribution in [0, 0.1) is 6.92 Å². The summed E-state index contributed by atoms with van der Waals surface area (Å²) < 4.78 is 1.73. The van der Waals surface area contributed by atoms with Crippen LogP contribution in [-0.2, 0) is 13.5 Å². The number of carbonyl (C=O) groups is 1. The molecule has 18 heavy (non-hydrogen) atoms. The van der Waals surface area contributed by atoms with E-state index in [-0.39, 0.29) is 5.91 Å². The number of aromatic nitrogens is 2. The normalized spacial score (nSPS) is 10.4. The molecule has 0 radical (unpaired) electrons. The molecule has 94 valence electrons. The predicted octanol–water partition coefficient (Wildman–Crippen LogP) is 2.54. The van der Waals surface area contributed by atoms with Gasteiger partial charge in [0.15, 0.2) is 0 Å². The molecule has 1 aromatic heterocycles. The van der Waals surface area contributed by atoms with Crippen molar-refractivity contribution in [2.75, 3.05) is 5.32 Å². The lowest BCUT2D eigenvalue weighted by atomic mass is 10.1. The van der Waals surface area contributed by atoms with Crippen LogP contribution in [0.2, 0.25) is 0 Å². The number of nitrogens with zero attached hydrogens (tertiary/aromatic N) is 2. The molecule has 0 spiro atoms. The summed E-state index contributed by atoms with van der Waals surface area (Å²) >= 11 is 0. The van der Waals surface area contributed by atoms with Gasteiger partial charge in [0.1, 0.15) is 0 Å². The largest absolute Gasteiger partial charge is 0.319 e. The van der Waals surface area contributed by atoms with Crippen molar-refractivity contribution < 1.29 is 4.79 Å². The molecule has 0 aliphatic rings. The lowest BCUT2D eigenvalue weighted by Crippen LogP contribution is -2.12. The number of carbonyl (C=O) groups excluding carboxylic acids is 1. The van der Waals surface area contributed by atoms with Gasteiger partial charge in [-0.05, 0) is 31.0 Å². The van der Waals surface area contributed by atoms with Gasteiger partial charge in [0.25, 0.3) is 5.91 Å². The highest BCUT2D eigenvalue weighted by molar-refractivity contribution is 6.04. The molecule has 0 aliphatic heterocycles. The minimum absolute atomic E-state index is 0.103. The Balaban J connectivity index is 2.14. The Morgan fingerprint density at radius 2 is 2.00 bits per heavy atom. The van der Waals surface area contributed by atoms with E-state index in [1.54, 1.807) is 10.9 Å². The number of anilines is 1. The van der Waals surface area contributed by atoms with Crippen molar-refractivity contribution in [2.24, 2.45) is 7.05 Å². The minimum atomic E-state index is -0.103. The Labute approximate surface area is 107 Å². The van der Waals surface area contributed by atoms with E-state index in [0.29, 0.717) is 5.56 Å². The number of rotatable bonds is 3. The van der Waals surface area contributed by atoms with E-state index >= 15 is 0 Å². The van der Waals surface area contributed by atoms with Gasteiger partial charge < -0.3 is 5.32 Å². The molecule has 0 bridgehead atoms. The molecule has 1 aromatic carbocycles. The average Bonchev–Trinajstić information content (AvgIpc) is 2.71. The lowest BCUT2D eigenvalue weighted by Gasteiger charge is -2.05. The van der Waals surface area contributed by atoms with Crippen LogP contribution < -0.4 is 5.32 Å². The zero-order valence-corrected chi connectivity index (χ0v) is 10.9. The quantitative estimate of drug-likeness (QED) is 0.900. The monoisotopic (exact) mass is 243 g/mol. The first kappa shape index (κ1) is 12.4. The molecule has 4 heteroatoms. The molecular weight excluding hydrogens is 226 g/mol. The summed E-state index contributed by atoms with van der Waals surface area (Å²) in [6.45, 7) is 4.01. The van der Waals surface area contributed by atoms with Crippen molar-refractivity contribution in [3.63, 3.8) is 0 Å². The van der Waals surface area contributed by atoms with Crippen molar-refractivity contribution in [3.8, 4) is 0 Å². The van der Waals surface area contributed by atoms with Gasteiger partial charge in [-0.25, -0.2) is 0 Å². The van der Waals surface area contributed by atoms with Gasteiger partial charge in [-0.2, -0.15) is 5.10 Å². The highest BCUT2D eigenvalue weighted by Crippen LogP contribution is 2.14. The molecule has 0 fully saturated rings. The third kappa shape index (κ3) is 2.42. The minimum Gasteiger partial charge on any atom is -0.319 e. The van der Waals surface area contributed by atoms with Crippen molar-refractivity contribution in [1.82, 2.24) is 9.78 Å². The number of benzene rings is 1. The van der Waals surface area contributed by atoms with E-state index < -0.39 is 0 Å². The van der Waals surface area contributed by atoms with E-state index in [4.69, 9.17) is 0 Å². The van der Waals surface area contributed by atoms with Crippen LogP contribution >= 0.6 is 0 Å². The van der Waals surface area contributed by atoms with Gasteiger partial charge in [0.2, 0.25) is 0 Å². The van der Waals surface area contributed by atoms with Crippen LogP contribution in [0.3, 0.4) is 0 Å².